The molecule has 5 aromatic rings. The summed E-state index contributed by atoms with van der Waals surface area (Å²) < 4.78 is 7.67. The van der Waals surface area contributed by atoms with Gasteiger partial charge in [0.25, 0.3) is 5.91 Å². The van der Waals surface area contributed by atoms with Crippen molar-refractivity contribution in [1.29, 1.82) is 5.26 Å². The van der Waals surface area contributed by atoms with Gasteiger partial charge < -0.3 is 10.1 Å². The predicted molar refractivity (Wildman–Crippen MR) is 157 cm³/mol. The zero-order valence-corrected chi connectivity index (χ0v) is 22.3. The lowest BCUT2D eigenvalue weighted by Crippen LogP contribution is -2.23. The van der Waals surface area contributed by atoms with Crippen LogP contribution < -0.4 is 10.1 Å². The van der Waals surface area contributed by atoms with Gasteiger partial charge in [-0.2, -0.15) is 10.4 Å². The van der Waals surface area contributed by atoms with Gasteiger partial charge in [-0.05, 0) is 65.7 Å². The Morgan fingerprint density at radius 1 is 0.900 bits per heavy atom. The molecular formula is C33H25ClN4O2. The average Bonchev–Trinajstić information content (AvgIpc) is 3.43. The molecule has 6 nitrogen and oxygen atoms in total. The number of para-hydroxylation sites is 1. The fourth-order valence-electron chi connectivity index (χ4n) is 4.06. The van der Waals surface area contributed by atoms with E-state index in [2.05, 4.69) is 5.32 Å². The van der Waals surface area contributed by atoms with Crippen molar-refractivity contribution in [3.8, 4) is 28.8 Å². The lowest BCUT2D eigenvalue weighted by Gasteiger charge is -2.08. The highest BCUT2D eigenvalue weighted by Gasteiger charge is 2.15. The van der Waals surface area contributed by atoms with Crippen LogP contribution in [0.3, 0.4) is 0 Å². The monoisotopic (exact) mass is 544 g/mol. The van der Waals surface area contributed by atoms with Crippen molar-refractivity contribution in [1.82, 2.24) is 15.1 Å². The molecule has 0 unspecified atom stereocenters. The second-order valence-corrected chi connectivity index (χ2v) is 9.43. The zero-order valence-electron chi connectivity index (χ0n) is 21.5. The van der Waals surface area contributed by atoms with Gasteiger partial charge in [0, 0.05) is 28.9 Å². The molecule has 196 valence electrons. The van der Waals surface area contributed by atoms with E-state index in [0.717, 1.165) is 22.4 Å². The summed E-state index contributed by atoms with van der Waals surface area (Å²) in [6, 6.07) is 36.3. The second kappa shape index (κ2) is 12.6. The number of benzene rings is 4. The Labute approximate surface area is 237 Å². The van der Waals surface area contributed by atoms with Crippen molar-refractivity contribution in [2.75, 3.05) is 0 Å². The van der Waals surface area contributed by atoms with Crippen molar-refractivity contribution < 1.29 is 9.53 Å². The van der Waals surface area contributed by atoms with Crippen LogP contribution >= 0.6 is 11.6 Å². The lowest BCUT2D eigenvalue weighted by molar-refractivity contribution is -0.117. The van der Waals surface area contributed by atoms with Crippen LogP contribution in [0.15, 0.2) is 121 Å². The number of aromatic nitrogens is 2. The van der Waals surface area contributed by atoms with Crippen LogP contribution in [0.1, 0.15) is 16.7 Å². The molecule has 0 atom stereocenters. The quantitative estimate of drug-likeness (QED) is 0.160. The molecule has 0 spiro atoms. The lowest BCUT2D eigenvalue weighted by atomic mass is 10.1. The van der Waals surface area contributed by atoms with Crippen molar-refractivity contribution in [3.05, 3.63) is 143 Å². The van der Waals surface area contributed by atoms with E-state index in [9.17, 15) is 10.1 Å². The Morgan fingerprint density at radius 3 is 2.25 bits per heavy atom. The minimum absolute atomic E-state index is 0.00675. The molecule has 0 fully saturated rings. The van der Waals surface area contributed by atoms with E-state index < -0.39 is 5.91 Å². The smallest absolute Gasteiger partial charge is 0.262 e. The average molecular weight is 545 g/mol. The van der Waals surface area contributed by atoms with Crippen molar-refractivity contribution in [2.24, 2.45) is 0 Å². The van der Waals surface area contributed by atoms with Gasteiger partial charge in [0.1, 0.15) is 24.0 Å². The Kier molecular flexibility index (Phi) is 8.35. The van der Waals surface area contributed by atoms with Crippen LogP contribution in [0.25, 0.3) is 23.0 Å². The number of nitrogens with zero attached hydrogens (tertiary/aromatic N) is 3. The first-order valence-electron chi connectivity index (χ1n) is 12.7. The van der Waals surface area contributed by atoms with Crippen molar-refractivity contribution in [2.45, 2.75) is 13.2 Å². The number of nitrogens with one attached hydrogen (secondary N) is 1. The number of amides is 1. The Hall–Kier alpha value is -5.12. The summed E-state index contributed by atoms with van der Waals surface area (Å²) in [5.41, 5.74) is 4.91. The van der Waals surface area contributed by atoms with Gasteiger partial charge >= 0.3 is 0 Å². The molecule has 1 heterocycles. The van der Waals surface area contributed by atoms with E-state index in [-0.39, 0.29) is 5.57 Å². The van der Waals surface area contributed by atoms with Crippen LogP contribution in [-0.2, 0) is 17.9 Å². The minimum atomic E-state index is -0.448. The summed E-state index contributed by atoms with van der Waals surface area (Å²) in [5, 5.41) is 18.1. The molecule has 1 aromatic heterocycles. The molecular weight excluding hydrogens is 520 g/mol. The molecule has 0 saturated heterocycles. The van der Waals surface area contributed by atoms with Gasteiger partial charge in [-0.1, -0.05) is 72.3 Å². The molecule has 0 aliphatic heterocycles. The SMILES string of the molecule is N#CC(=Cc1cn(-c2ccccc2)nc1-c1ccc(OCc2ccc(Cl)cc2)cc1)C(=O)NCc1ccccc1. The molecule has 0 radical (unpaired) electrons. The third-order valence-electron chi connectivity index (χ3n) is 6.17. The maximum absolute atomic E-state index is 12.9. The van der Waals surface area contributed by atoms with Gasteiger partial charge in [0.05, 0.1) is 11.4 Å². The number of ether oxygens (including phenoxy) is 1. The van der Waals surface area contributed by atoms with E-state index in [1.54, 1.807) is 10.8 Å². The van der Waals surface area contributed by atoms with Crippen LogP contribution in [0.5, 0.6) is 5.75 Å². The largest absolute Gasteiger partial charge is 0.489 e. The highest BCUT2D eigenvalue weighted by atomic mass is 35.5. The molecule has 1 N–H and O–H groups in total. The summed E-state index contributed by atoms with van der Waals surface area (Å²) >= 11 is 5.96. The first kappa shape index (κ1) is 26.5. The van der Waals surface area contributed by atoms with Gasteiger partial charge in [-0.25, -0.2) is 4.68 Å². The second-order valence-electron chi connectivity index (χ2n) is 8.99. The van der Waals surface area contributed by atoms with Gasteiger partial charge in [-0.3, -0.25) is 4.79 Å². The van der Waals surface area contributed by atoms with Crippen LogP contribution in [0.2, 0.25) is 5.02 Å². The maximum atomic E-state index is 12.9. The Bertz CT molecular complexity index is 1650. The predicted octanol–water partition coefficient (Wildman–Crippen LogP) is 7.00. The highest BCUT2D eigenvalue weighted by molar-refractivity contribution is 6.30. The topological polar surface area (TPSA) is 79.9 Å². The van der Waals surface area contributed by atoms with Gasteiger partial charge in [-0.15, -0.1) is 0 Å². The Morgan fingerprint density at radius 2 is 1.57 bits per heavy atom. The van der Waals surface area contributed by atoms with E-state index >= 15 is 0 Å². The maximum Gasteiger partial charge on any atom is 0.262 e. The summed E-state index contributed by atoms with van der Waals surface area (Å²) in [5.74, 6) is 0.256. The molecule has 0 aliphatic rings. The van der Waals surface area contributed by atoms with E-state index in [1.807, 2.05) is 121 Å². The third kappa shape index (κ3) is 6.65. The summed E-state index contributed by atoms with van der Waals surface area (Å²) in [6.07, 6.45) is 3.39. The number of nitriles is 1. The number of hydrogen-bond acceptors (Lipinski definition) is 4. The molecule has 0 bridgehead atoms. The van der Waals surface area contributed by atoms with Crippen molar-refractivity contribution >= 4 is 23.6 Å². The summed E-state index contributed by atoms with van der Waals surface area (Å²) in [7, 11) is 0. The first-order valence-corrected chi connectivity index (χ1v) is 13.0. The number of rotatable bonds is 9. The molecule has 5 rings (SSSR count). The van der Waals surface area contributed by atoms with Gasteiger partial charge in [0.15, 0.2) is 0 Å². The normalized spacial score (nSPS) is 11.1. The fourth-order valence-corrected chi connectivity index (χ4v) is 4.19. The van der Waals surface area contributed by atoms with E-state index in [4.69, 9.17) is 21.4 Å². The standard InChI is InChI=1S/C33H25ClN4O2/c34-29-15-11-25(12-16-29)23-40-31-17-13-26(14-18-31)32-28(22-38(37-32)30-9-5-2-6-10-30)19-27(20-35)33(39)36-21-24-7-3-1-4-8-24/h1-19,22H,21,23H2,(H,36,39). The van der Waals surface area contributed by atoms with Crippen molar-refractivity contribution in [3.63, 3.8) is 0 Å². The molecule has 0 saturated carbocycles. The third-order valence-corrected chi connectivity index (χ3v) is 6.42. The number of hydrogen-bond donors (Lipinski definition) is 1. The Balaban J connectivity index is 1.40. The minimum Gasteiger partial charge on any atom is -0.489 e. The fraction of sp³-hybridized carbons (Fsp3) is 0.0606. The number of halogens is 1. The number of carbonyl (C=O) groups is 1. The highest BCUT2D eigenvalue weighted by Crippen LogP contribution is 2.28. The molecule has 0 aliphatic carbocycles. The summed E-state index contributed by atoms with van der Waals surface area (Å²) in [4.78, 5) is 12.9. The zero-order chi connectivity index (χ0) is 27.7. The van der Waals surface area contributed by atoms with E-state index in [0.29, 0.717) is 35.2 Å². The molecule has 40 heavy (non-hydrogen) atoms. The van der Waals surface area contributed by atoms with Crippen LogP contribution in [-0.4, -0.2) is 15.7 Å². The molecule has 1 amide bonds. The first-order chi connectivity index (χ1) is 19.6. The molecule has 4 aromatic carbocycles. The number of carbonyl (C=O) groups excluding carboxylic acids is 1. The summed E-state index contributed by atoms with van der Waals surface area (Å²) in [6.45, 7) is 0.739. The van der Waals surface area contributed by atoms with E-state index in [1.165, 1.54) is 0 Å². The van der Waals surface area contributed by atoms with Crippen LogP contribution in [0, 0.1) is 11.3 Å². The molecule has 7 heteroatoms. The van der Waals surface area contributed by atoms with Gasteiger partial charge in [0.2, 0.25) is 0 Å². The van der Waals surface area contributed by atoms with Crippen LogP contribution in [0.4, 0.5) is 0 Å².